The van der Waals surface area contributed by atoms with Crippen LogP contribution in [0.3, 0.4) is 0 Å². The van der Waals surface area contributed by atoms with Gasteiger partial charge in [0.2, 0.25) is 0 Å². The van der Waals surface area contributed by atoms with Crippen LogP contribution < -0.4 is 9.47 Å². The molecule has 0 heterocycles. The fraction of sp³-hybridized carbons (Fsp3) is 0.432. The average molecular weight is 1210 g/mol. The summed E-state index contributed by atoms with van der Waals surface area (Å²) < 4.78 is 44.0. The van der Waals surface area contributed by atoms with E-state index in [0.29, 0.717) is 122 Å². The molecule has 474 valence electrons. The van der Waals surface area contributed by atoms with Gasteiger partial charge in [0, 0.05) is 4.28 Å². The first-order valence-corrected chi connectivity index (χ1v) is 31.7. The zero-order chi connectivity index (χ0) is 62.6. The number of esters is 6. The molecule has 0 amide bonds. The van der Waals surface area contributed by atoms with E-state index in [4.69, 9.17) is 37.9 Å². The van der Waals surface area contributed by atoms with E-state index in [0.717, 1.165) is 51.4 Å². The van der Waals surface area contributed by atoms with Crippen LogP contribution in [0.4, 0.5) is 0 Å². The standard InChI is InChI=1S/C28H36O4.C24H28O4.C22H24O6.3H2/c1-3-5-7-21-9-13-23(14-10-21)27(29)31-25-17-19-26(20-18-25)32-28(30)24-15-11-22(12-16-24)8-6-4-2;1-3-17-5-9-19(10-6-17)23(25)27-21-13-15-22(16-14-21)28-24(26)20-11-7-18(4-2)8-12-20;1-25-17-7-3-15(4-8-17)21(23)27-19-11-13-20(14-12-19)28-22(24)16-5-9-18(26-2)10-6-16;;;/h9-16,25-26H,3-8,17-20H2,1-2H3;5-12,21-22H,3-4,13-16H2,1-2H3;3-10,19-20H,11-14H2,1-2H3;3*1H. The van der Waals surface area contributed by atoms with Crippen LogP contribution in [0, 0.1) is 0 Å². The van der Waals surface area contributed by atoms with Gasteiger partial charge in [0.15, 0.2) is 0 Å². The maximum atomic E-state index is 12.5. The Morgan fingerprint density at radius 1 is 0.295 bits per heavy atom. The maximum absolute atomic E-state index is 12.5. The minimum absolute atomic E-state index is 0. The van der Waals surface area contributed by atoms with E-state index in [1.807, 2.05) is 97.1 Å². The Labute approximate surface area is 524 Å². The van der Waals surface area contributed by atoms with Gasteiger partial charge >= 0.3 is 35.8 Å². The summed E-state index contributed by atoms with van der Waals surface area (Å²) in [6.45, 7) is 8.51. The normalized spacial score (nSPS) is 18.7. The summed E-state index contributed by atoms with van der Waals surface area (Å²) in [6, 6.07) is 44.2. The fourth-order valence-corrected chi connectivity index (χ4v) is 10.7. The van der Waals surface area contributed by atoms with Gasteiger partial charge in [0.1, 0.15) is 48.1 Å². The van der Waals surface area contributed by atoms with Gasteiger partial charge in [0.25, 0.3) is 0 Å². The lowest BCUT2D eigenvalue weighted by molar-refractivity contribution is -0.0108. The summed E-state index contributed by atoms with van der Waals surface area (Å²) in [7, 11) is 3.15. The van der Waals surface area contributed by atoms with E-state index >= 15 is 0 Å². The summed E-state index contributed by atoms with van der Waals surface area (Å²) >= 11 is 0. The Hall–Kier alpha value is -8.26. The first-order valence-electron chi connectivity index (χ1n) is 31.7. The highest BCUT2D eigenvalue weighted by Crippen LogP contribution is 2.29. The predicted octanol–water partition coefficient (Wildman–Crippen LogP) is 16.6. The SMILES string of the molecule is CCCCc1ccc(C(=O)OC2CCC(OC(=O)c3ccc(CCCC)cc3)CC2)cc1.CCc1ccc(C(=O)OC2CCC(OC(=O)c3ccc(CC)cc3)CC2)cc1.COc1ccc(C(=O)OC2CCC(OC(=O)c3ccc(OC)cc3)CC2)cc1.[HH].[HH].[HH]. The number of carbonyl (C=O) groups excluding carboxylic acids is 6. The van der Waals surface area contributed by atoms with Crippen molar-refractivity contribution in [3.05, 3.63) is 201 Å². The van der Waals surface area contributed by atoms with Gasteiger partial charge < -0.3 is 37.9 Å². The number of ether oxygens (including phenoxy) is 8. The second-order valence-corrected chi connectivity index (χ2v) is 22.8. The lowest BCUT2D eigenvalue weighted by atomic mass is 9.94. The Kier molecular flexibility index (Phi) is 27.1. The number of hydrogen-bond acceptors (Lipinski definition) is 14. The van der Waals surface area contributed by atoms with Crippen LogP contribution in [-0.4, -0.2) is 86.7 Å². The van der Waals surface area contributed by atoms with Crippen molar-refractivity contribution in [3.63, 3.8) is 0 Å². The first-order chi connectivity index (χ1) is 42.8. The molecule has 0 radical (unpaired) electrons. The molecular weight excluding hydrogens is 1110 g/mol. The number of aryl methyl sites for hydroxylation is 4. The molecule has 3 aliphatic carbocycles. The van der Waals surface area contributed by atoms with Crippen molar-refractivity contribution < 1.29 is 70.9 Å². The fourth-order valence-electron chi connectivity index (χ4n) is 10.7. The quantitative estimate of drug-likeness (QED) is 0.0463. The summed E-state index contributed by atoms with van der Waals surface area (Å²) in [4.78, 5) is 74.0. The minimum atomic E-state index is -0.346. The van der Waals surface area contributed by atoms with Crippen LogP contribution in [0.2, 0.25) is 0 Å². The smallest absolute Gasteiger partial charge is 0.338 e. The number of methoxy groups -OCH3 is 2. The first kappa shape index (κ1) is 67.3. The molecule has 0 N–H and O–H groups in total. The minimum Gasteiger partial charge on any atom is -0.497 e. The average Bonchev–Trinajstić information content (AvgIpc) is 3.55. The summed E-state index contributed by atoms with van der Waals surface area (Å²) in [6.07, 6.45) is 16.2. The van der Waals surface area contributed by atoms with E-state index in [2.05, 4.69) is 27.7 Å². The van der Waals surface area contributed by atoms with Crippen molar-refractivity contribution in [1.29, 1.82) is 0 Å². The molecule has 0 unspecified atom stereocenters. The van der Waals surface area contributed by atoms with Gasteiger partial charge in [-0.2, -0.15) is 0 Å². The molecule has 9 rings (SSSR count). The van der Waals surface area contributed by atoms with Crippen LogP contribution in [0.15, 0.2) is 146 Å². The third kappa shape index (κ3) is 21.6. The number of carbonyl (C=O) groups is 6. The van der Waals surface area contributed by atoms with Gasteiger partial charge in [-0.1, -0.05) is 89.1 Å². The van der Waals surface area contributed by atoms with Crippen LogP contribution >= 0.6 is 0 Å². The van der Waals surface area contributed by atoms with Gasteiger partial charge in [-0.15, -0.1) is 0 Å². The van der Waals surface area contributed by atoms with Crippen molar-refractivity contribution in [3.8, 4) is 11.5 Å². The molecule has 14 heteroatoms. The van der Waals surface area contributed by atoms with Gasteiger partial charge in [-0.3, -0.25) is 0 Å². The molecule has 0 saturated heterocycles. The largest absolute Gasteiger partial charge is 0.497 e. The summed E-state index contributed by atoms with van der Waals surface area (Å²) in [5.41, 5.74) is 8.25. The molecule has 0 aliphatic heterocycles. The van der Waals surface area contributed by atoms with Crippen molar-refractivity contribution >= 4 is 35.8 Å². The second-order valence-electron chi connectivity index (χ2n) is 22.8. The topological polar surface area (TPSA) is 176 Å². The van der Waals surface area contributed by atoms with Crippen LogP contribution in [-0.2, 0) is 54.1 Å². The molecule has 0 bridgehead atoms. The van der Waals surface area contributed by atoms with E-state index in [1.54, 1.807) is 62.8 Å². The van der Waals surface area contributed by atoms with E-state index in [-0.39, 0.29) is 76.7 Å². The number of hydrogen-bond donors (Lipinski definition) is 0. The third-order valence-corrected chi connectivity index (χ3v) is 16.4. The summed E-state index contributed by atoms with van der Waals surface area (Å²) in [5.74, 6) is -0.404. The molecular formula is C74H94O14. The Balaban J connectivity index is 0.000000287. The van der Waals surface area contributed by atoms with Crippen molar-refractivity contribution in [2.75, 3.05) is 14.2 Å². The van der Waals surface area contributed by atoms with Gasteiger partial charge in [-0.05, 0) is 235 Å². The highest BCUT2D eigenvalue weighted by atomic mass is 16.6. The van der Waals surface area contributed by atoms with E-state index < -0.39 is 0 Å². The molecule has 3 fully saturated rings. The number of rotatable bonds is 22. The maximum Gasteiger partial charge on any atom is 0.338 e. The van der Waals surface area contributed by atoms with Crippen molar-refractivity contribution in [1.82, 2.24) is 0 Å². The number of benzene rings is 6. The monoisotopic (exact) mass is 1210 g/mol. The van der Waals surface area contributed by atoms with E-state index in [9.17, 15) is 28.8 Å². The van der Waals surface area contributed by atoms with Crippen LogP contribution in [0.1, 0.15) is 219 Å². The molecule has 14 nitrogen and oxygen atoms in total. The van der Waals surface area contributed by atoms with Gasteiger partial charge in [0.05, 0.1) is 47.6 Å². The molecule has 3 aliphatic rings. The lowest BCUT2D eigenvalue weighted by Crippen LogP contribution is -2.29. The Morgan fingerprint density at radius 2 is 0.477 bits per heavy atom. The second kappa shape index (κ2) is 35.5. The highest BCUT2D eigenvalue weighted by Gasteiger charge is 2.30. The van der Waals surface area contributed by atoms with Crippen molar-refractivity contribution in [2.45, 2.75) is 193 Å². The Morgan fingerprint density at radius 3 is 0.648 bits per heavy atom. The molecule has 6 aromatic rings. The third-order valence-electron chi connectivity index (χ3n) is 16.4. The van der Waals surface area contributed by atoms with E-state index in [1.165, 1.54) is 22.3 Å². The molecule has 0 aromatic heterocycles. The highest BCUT2D eigenvalue weighted by molar-refractivity contribution is 5.92. The zero-order valence-electron chi connectivity index (χ0n) is 52.2. The molecule has 0 spiro atoms. The summed E-state index contributed by atoms with van der Waals surface area (Å²) in [5, 5.41) is 0. The number of unbranched alkanes of at least 4 members (excludes halogenated alkanes) is 2. The van der Waals surface area contributed by atoms with Crippen molar-refractivity contribution in [2.24, 2.45) is 0 Å². The van der Waals surface area contributed by atoms with Crippen LogP contribution in [0.5, 0.6) is 11.5 Å². The predicted molar refractivity (Wildman–Crippen MR) is 345 cm³/mol. The van der Waals surface area contributed by atoms with Crippen LogP contribution in [0.25, 0.3) is 0 Å². The van der Waals surface area contributed by atoms with Gasteiger partial charge in [-0.25, -0.2) is 28.8 Å². The molecule has 3 saturated carbocycles. The molecule has 6 aromatic carbocycles. The molecule has 0 atom stereocenters. The lowest BCUT2D eigenvalue weighted by Gasteiger charge is -2.28. The Bertz CT molecular complexity index is 2760. The molecule has 88 heavy (non-hydrogen) atoms. The zero-order valence-corrected chi connectivity index (χ0v) is 52.2.